The molecule has 0 fully saturated rings. The average molecular weight is 258 g/mol. The highest BCUT2D eigenvalue weighted by atomic mass is 28.3. The Kier molecular flexibility index (Phi) is 5.61. The number of rotatable bonds is 6. The first-order valence-electron chi connectivity index (χ1n) is 6.79. The van der Waals surface area contributed by atoms with Gasteiger partial charge in [-0.3, -0.25) is 0 Å². The second-order valence-electron chi connectivity index (χ2n) is 5.92. The van der Waals surface area contributed by atoms with Gasteiger partial charge in [-0.15, -0.1) is 6.58 Å². The predicted molar refractivity (Wildman–Crippen MR) is 86.1 cm³/mol. The van der Waals surface area contributed by atoms with E-state index in [-0.39, 0.29) is 0 Å². The van der Waals surface area contributed by atoms with E-state index >= 15 is 0 Å². The first kappa shape index (κ1) is 15.0. The zero-order chi connectivity index (χ0) is 13.6. The minimum Gasteiger partial charge on any atom is -0.103 e. The summed E-state index contributed by atoms with van der Waals surface area (Å²) in [6.45, 7) is 13.2. The minimum absolute atomic E-state index is 0.586. The van der Waals surface area contributed by atoms with Crippen LogP contribution in [0.5, 0.6) is 0 Å². The number of benzene rings is 1. The first-order valence-corrected chi connectivity index (χ1v) is 10.00. The highest BCUT2D eigenvalue weighted by molar-refractivity contribution is 6.90. The second-order valence-corrected chi connectivity index (χ2v) is 10.7. The lowest BCUT2D eigenvalue weighted by Gasteiger charge is -2.21. The Morgan fingerprint density at radius 2 is 1.89 bits per heavy atom. The number of allylic oxidation sites excluding steroid dienone is 3. The quantitative estimate of drug-likeness (QED) is 0.510. The molecule has 0 N–H and O–H groups in total. The maximum absolute atomic E-state index is 3.85. The Morgan fingerprint density at radius 1 is 1.28 bits per heavy atom. The summed E-state index contributed by atoms with van der Waals surface area (Å²) in [4.78, 5) is 0. The van der Waals surface area contributed by atoms with Gasteiger partial charge in [-0.05, 0) is 25.3 Å². The van der Waals surface area contributed by atoms with Crippen molar-refractivity contribution in [2.75, 3.05) is 0 Å². The van der Waals surface area contributed by atoms with Gasteiger partial charge in [0.05, 0.1) is 8.07 Å². The van der Waals surface area contributed by atoms with E-state index in [1.54, 1.807) is 5.19 Å². The van der Waals surface area contributed by atoms with Crippen molar-refractivity contribution < 1.29 is 0 Å². The Hall–Kier alpha value is -1.08. The molecule has 0 aliphatic carbocycles. The number of hydrogen-bond donors (Lipinski definition) is 0. The van der Waals surface area contributed by atoms with Crippen LogP contribution in [0.25, 0.3) is 0 Å². The van der Waals surface area contributed by atoms with Crippen LogP contribution in [-0.4, -0.2) is 8.07 Å². The van der Waals surface area contributed by atoms with E-state index in [0.717, 1.165) is 6.42 Å². The van der Waals surface area contributed by atoms with Crippen molar-refractivity contribution >= 4 is 13.3 Å². The molecule has 0 aliphatic heterocycles. The van der Waals surface area contributed by atoms with E-state index in [2.05, 4.69) is 69.9 Å². The van der Waals surface area contributed by atoms with Gasteiger partial charge in [0.2, 0.25) is 0 Å². The van der Waals surface area contributed by atoms with Gasteiger partial charge < -0.3 is 0 Å². The molecule has 1 aromatic carbocycles. The molecule has 98 valence electrons. The maximum Gasteiger partial charge on any atom is 0.0843 e. The molecule has 0 aliphatic rings. The third-order valence-electron chi connectivity index (χ3n) is 3.56. The van der Waals surface area contributed by atoms with Gasteiger partial charge in [-0.2, -0.15) is 0 Å². The predicted octanol–water partition coefficient (Wildman–Crippen LogP) is 4.76. The molecule has 0 aromatic heterocycles. The summed E-state index contributed by atoms with van der Waals surface area (Å²) in [6, 6.07) is 12.2. The largest absolute Gasteiger partial charge is 0.103 e. The molecule has 1 aromatic rings. The van der Waals surface area contributed by atoms with Crippen molar-refractivity contribution in [1.29, 1.82) is 0 Å². The van der Waals surface area contributed by atoms with Crippen molar-refractivity contribution in [3.63, 3.8) is 0 Å². The van der Waals surface area contributed by atoms with Crippen molar-refractivity contribution in [3.05, 3.63) is 54.6 Å². The molecule has 1 heteroatoms. The SMILES string of the molecule is C=CC(C)C/C(C)=C\C[Si](C)(C)c1ccccc1. The van der Waals surface area contributed by atoms with Crippen LogP contribution in [0.1, 0.15) is 20.3 Å². The molecule has 0 radical (unpaired) electrons. The Labute approximate surface area is 113 Å². The van der Waals surface area contributed by atoms with Crippen LogP contribution in [-0.2, 0) is 0 Å². The van der Waals surface area contributed by atoms with Crippen LogP contribution >= 0.6 is 0 Å². The molecule has 0 bridgehead atoms. The Bertz CT molecular complexity index is 401. The fourth-order valence-electron chi connectivity index (χ4n) is 2.11. The van der Waals surface area contributed by atoms with E-state index in [4.69, 9.17) is 0 Å². The van der Waals surface area contributed by atoms with Crippen LogP contribution in [0.4, 0.5) is 0 Å². The maximum atomic E-state index is 3.85. The molecular weight excluding hydrogens is 232 g/mol. The van der Waals surface area contributed by atoms with Crippen LogP contribution < -0.4 is 5.19 Å². The van der Waals surface area contributed by atoms with Crippen LogP contribution in [0.3, 0.4) is 0 Å². The fraction of sp³-hybridized carbons (Fsp3) is 0.412. The van der Waals surface area contributed by atoms with E-state index < -0.39 is 8.07 Å². The first-order chi connectivity index (χ1) is 8.45. The lowest BCUT2D eigenvalue weighted by atomic mass is 10.0. The monoisotopic (exact) mass is 258 g/mol. The molecular formula is C17H26Si. The Morgan fingerprint density at radius 3 is 2.44 bits per heavy atom. The van der Waals surface area contributed by atoms with E-state index in [1.807, 2.05) is 6.08 Å². The topological polar surface area (TPSA) is 0 Å². The second kappa shape index (κ2) is 6.74. The molecule has 1 atom stereocenters. The minimum atomic E-state index is -1.31. The van der Waals surface area contributed by atoms with E-state index in [0.29, 0.717) is 5.92 Å². The summed E-state index contributed by atoms with van der Waals surface area (Å²) in [5.74, 6) is 0.586. The summed E-state index contributed by atoms with van der Waals surface area (Å²) in [5.41, 5.74) is 1.50. The van der Waals surface area contributed by atoms with Crippen molar-refractivity contribution in [1.82, 2.24) is 0 Å². The van der Waals surface area contributed by atoms with Gasteiger partial charge in [0.25, 0.3) is 0 Å². The fourth-order valence-corrected chi connectivity index (χ4v) is 4.30. The van der Waals surface area contributed by atoms with E-state index in [9.17, 15) is 0 Å². The molecule has 0 nitrogen and oxygen atoms in total. The standard InChI is InChI=1S/C17H26Si/c1-6-15(2)14-16(3)12-13-18(4,5)17-10-8-7-9-11-17/h6-12,15H,1,13-14H2,2-5H3/b16-12-. The highest BCUT2D eigenvalue weighted by Crippen LogP contribution is 2.16. The highest BCUT2D eigenvalue weighted by Gasteiger charge is 2.21. The van der Waals surface area contributed by atoms with Crippen molar-refractivity contribution in [3.8, 4) is 0 Å². The van der Waals surface area contributed by atoms with Gasteiger partial charge >= 0.3 is 0 Å². The summed E-state index contributed by atoms with van der Waals surface area (Å²) >= 11 is 0. The lowest BCUT2D eigenvalue weighted by molar-refractivity contribution is 0.717. The van der Waals surface area contributed by atoms with Gasteiger partial charge in [0, 0.05) is 0 Å². The smallest absolute Gasteiger partial charge is 0.0843 e. The van der Waals surface area contributed by atoms with Crippen LogP contribution in [0, 0.1) is 5.92 Å². The zero-order valence-electron chi connectivity index (χ0n) is 12.2. The molecule has 0 spiro atoms. The van der Waals surface area contributed by atoms with Gasteiger partial charge in [-0.25, -0.2) is 0 Å². The van der Waals surface area contributed by atoms with Crippen molar-refractivity contribution in [2.24, 2.45) is 5.92 Å². The van der Waals surface area contributed by atoms with Gasteiger partial charge in [-0.1, -0.05) is 73.3 Å². The summed E-state index contributed by atoms with van der Waals surface area (Å²) < 4.78 is 0. The summed E-state index contributed by atoms with van der Waals surface area (Å²) in [6.07, 6.45) is 5.62. The Balaban J connectivity index is 2.66. The summed E-state index contributed by atoms with van der Waals surface area (Å²) in [5, 5.41) is 1.55. The van der Waals surface area contributed by atoms with Crippen LogP contribution in [0.2, 0.25) is 19.1 Å². The zero-order valence-corrected chi connectivity index (χ0v) is 13.2. The van der Waals surface area contributed by atoms with Gasteiger partial charge in [0.1, 0.15) is 0 Å². The average Bonchev–Trinajstić information content (AvgIpc) is 2.37. The molecule has 0 heterocycles. The van der Waals surface area contributed by atoms with E-state index in [1.165, 1.54) is 11.6 Å². The molecule has 0 saturated heterocycles. The van der Waals surface area contributed by atoms with Crippen LogP contribution in [0.15, 0.2) is 54.6 Å². The molecule has 18 heavy (non-hydrogen) atoms. The molecule has 1 unspecified atom stereocenters. The third kappa shape index (κ3) is 4.65. The van der Waals surface area contributed by atoms with Gasteiger partial charge in [0.15, 0.2) is 0 Å². The normalized spacial score (nSPS) is 14.3. The molecule has 0 amide bonds. The number of hydrogen-bond acceptors (Lipinski definition) is 0. The third-order valence-corrected chi connectivity index (χ3v) is 6.68. The molecule has 0 saturated carbocycles. The lowest BCUT2D eigenvalue weighted by Crippen LogP contribution is -2.40. The summed E-state index contributed by atoms with van der Waals surface area (Å²) in [7, 11) is -1.31. The van der Waals surface area contributed by atoms with Crippen molar-refractivity contribution in [2.45, 2.75) is 39.4 Å². The molecule has 1 rings (SSSR count).